The highest BCUT2D eigenvalue weighted by Crippen LogP contribution is 2.57. The van der Waals surface area contributed by atoms with E-state index in [2.05, 4.69) is 25.7 Å². The molecule has 0 unspecified atom stereocenters. The molecule has 170 valence electrons. The number of carbonyl (C=O) groups is 2. The Morgan fingerprint density at radius 3 is 2.42 bits per heavy atom. The Kier molecular flexibility index (Phi) is 6.14. The Hall–Kier alpha value is -1.92. The molecule has 0 bridgehead atoms. The molecule has 0 radical (unpaired) electrons. The van der Waals surface area contributed by atoms with Gasteiger partial charge in [-0.25, -0.2) is 0 Å². The SMILES string of the molecule is CCN1CC[C@@]2(CN(CCOC)CC23CCN(C(=O)c2ccc(C)c(C)c2)CC3)C1=O. The molecule has 6 heteroatoms. The third-order valence-corrected chi connectivity index (χ3v) is 8.30. The van der Waals surface area contributed by atoms with Crippen molar-refractivity contribution >= 4 is 11.8 Å². The van der Waals surface area contributed by atoms with Crippen LogP contribution in [0.4, 0.5) is 0 Å². The third kappa shape index (κ3) is 3.68. The molecule has 2 spiro atoms. The van der Waals surface area contributed by atoms with Crippen LogP contribution in [0, 0.1) is 24.7 Å². The number of piperidine rings is 1. The Labute approximate surface area is 186 Å². The molecule has 1 aromatic carbocycles. The standard InChI is InChI=1S/C25H37N3O3/c1-5-27-13-10-25(23(27)30)18-26(14-15-31-4)17-24(25)8-11-28(12-9-24)22(29)21-7-6-19(2)20(3)16-21/h6-7,16H,5,8-15,17-18H2,1-4H3/t25-/m1/s1. The van der Waals surface area contributed by atoms with Gasteiger partial charge in [-0.15, -0.1) is 0 Å². The number of nitrogens with zero attached hydrogens (tertiary/aromatic N) is 3. The van der Waals surface area contributed by atoms with E-state index in [9.17, 15) is 9.59 Å². The number of benzene rings is 1. The number of hydrogen-bond donors (Lipinski definition) is 0. The number of carbonyl (C=O) groups excluding carboxylic acids is 2. The number of amides is 2. The summed E-state index contributed by atoms with van der Waals surface area (Å²) >= 11 is 0. The van der Waals surface area contributed by atoms with Crippen molar-refractivity contribution in [3.05, 3.63) is 34.9 Å². The first-order valence-corrected chi connectivity index (χ1v) is 11.7. The van der Waals surface area contributed by atoms with Gasteiger partial charge in [-0.1, -0.05) is 6.07 Å². The zero-order valence-corrected chi connectivity index (χ0v) is 19.6. The van der Waals surface area contributed by atoms with E-state index in [1.54, 1.807) is 7.11 Å². The molecule has 3 heterocycles. The fraction of sp³-hybridized carbons (Fsp3) is 0.680. The lowest BCUT2D eigenvalue weighted by Crippen LogP contribution is -2.53. The van der Waals surface area contributed by atoms with E-state index in [0.29, 0.717) is 12.5 Å². The maximum Gasteiger partial charge on any atom is 0.253 e. The topological polar surface area (TPSA) is 53.1 Å². The van der Waals surface area contributed by atoms with Gasteiger partial charge in [0.1, 0.15) is 0 Å². The summed E-state index contributed by atoms with van der Waals surface area (Å²) in [5, 5.41) is 0. The molecule has 1 atom stereocenters. The number of fused-ring (bicyclic) bond motifs is 1. The average Bonchev–Trinajstić information content (AvgIpc) is 3.26. The number of rotatable bonds is 5. The van der Waals surface area contributed by atoms with Crippen LogP contribution in [0.25, 0.3) is 0 Å². The van der Waals surface area contributed by atoms with E-state index in [0.717, 1.165) is 76.2 Å². The molecular weight excluding hydrogens is 390 g/mol. The summed E-state index contributed by atoms with van der Waals surface area (Å²) in [6, 6.07) is 5.98. The number of methoxy groups -OCH3 is 1. The van der Waals surface area contributed by atoms with Crippen molar-refractivity contribution in [3.8, 4) is 0 Å². The fourth-order valence-corrected chi connectivity index (χ4v) is 6.17. The molecule has 3 aliphatic heterocycles. The minimum absolute atomic E-state index is 0.0400. The predicted molar refractivity (Wildman–Crippen MR) is 121 cm³/mol. The average molecular weight is 428 g/mol. The van der Waals surface area contributed by atoms with Crippen LogP contribution in [0.15, 0.2) is 18.2 Å². The first kappa shape index (κ1) is 22.3. The summed E-state index contributed by atoms with van der Waals surface area (Å²) < 4.78 is 5.33. The molecular formula is C25H37N3O3. The van der Waals surface area contributed by atoms with Gasteiger partial charge in [0.15, 0.2) is 0 Å². The van der Waals surface area contributed by atoms with Gasteiger partial charge in [0, 0.05) is 63.9 Å². The fourth-order valence-electron chi connectivity index (χ4n) is 6.17. The third-order valence-electron chi connectivity index (χ3n) is 8.30. The molecule has 0 saturated carbocycles. The van der Waals surface area contributed by atoms with Crippen molar-refractivity contribution in [3.63, 3.8) is 0 Å². The summed E-state index contributed by atoms with van der Waals surface area (Å²) in [7, 11) is 1.73. The van der Waals surface area contributed by atoms with Gasteiger partial charge >= 0.3 is 0 Å². The van der Waals surface area contributed by atoms with Gasteiger partial charge in [0.2, 0.25) is 5.91 Å². The van der Waals surface area contributed by atoms with Crippen molar-refractivity contribution in [2.75, 3.05) is 59.5 Å². The molecule has 31 heavy (non-hydrogen) atoms. The summed E-state index contributed by atoms with van der Waals surface area (Å²) in [5.41, 5.74) is 2.79. The summed E-state index contributed by atoms with van der Waals surface area (Å²) in [4.78, 5) is 33.2. The molecule has 0 N–H and O–H groups in total. The first-order chi connectivity index (χ1) is 14.9. The van der Waals surface area contributed by atoms with Gasteiger partial charge in [-0.05, 0) is 63.3 Å². The molecule has 2 amide bonds. The van der Waals surface area contributed by atoms with Crippen LogP contribution >= 0.6 is 0 Å². The minimum atomic E-state index is -0.299. The second kappa shape index (κ2) is 8.55. The number of hydrogen-bond acceptors (Lipinski definition) is 4. The number of likely N-dealkylation sites (tertiary alicyclic amines) is 3. The maximum absolute atomic E-state index is 13.5. The summed E-state index contributed by atoms with van der Waals surface area (Å²) in [6.07, 6.45) is 2.74. The summed E-state index contributed by atoms with van der Waals surface area (Å²) in [6.45, 7) is 12.6. The summed E-state index contributed by atoms with van der Waals surface area (Å²) in [5.74, 6) is 0.457. The van der Waals surface area contributed by atoms with Gasteiger partial charge in [0.25, 0.3) is 5.91 Å². The largest absolute Gasteiger partial charge is 0.383 e. The van der Waals surface area contributed by atoms with Gasteiger partial charge in [-0.3, -0.25) is 14.5 Å². The highest BCUT2D eigenvalue weighted by molar-refractivity contribution is 5.94. The van der Waals surface area contributed by atoms with Crippen molar-refractivity contribution in [2.24, 2.45) is 10.8 Å². The molecule has 3 fully saturated rings. The Morgan fingerprint density at radius 2 is 1.81 bits per heavy atom. The minimum Gasteiger partial charge on any atom is -0.383 e. The normalized spacial score (nSPS) is 25.9. The van der Waals surface area contributed by atoms with Crippen LogP contribution in [0.1, 0.15) is 47.7 Å². The van der Waals surface area contributed by atoms with Crippen molar-refractivity contribution in [1.29, 1.82) is 0 Å². The number of ether oxygens (including phenoxy) is 1. The van der Waals surface area contributed by atoms with Crippen LogP contribution in [0.5, 0.6) is 0 Å². The number of aryl methyl sites for hydroxylation is 2. The lowest BCUT2D eigenvalue weighted by Gasteiger charge is -2.47. The van der Waals surface area contributed by atoms with Crippen molar-refractivity contribution in [1.82, 2.24) is 14.7 Å². The lowest BCUT2D eigenvalue weighted by atomic mass is 9.60. The quantitative estimate of drug-likeness (QED) is 0.725. The smallest absolute Gasteiger partial charge is 0.253 e. The zero-order chi connectivity index (χ0) is 22.2. The van der Waals surface area contributed by atoms with Gasteiger partial charge < -0.3 is 14.5 Å². The molecule has 3 aliphatic rings. The molecule has 0 aromatic heterocycles. The van der Waals surface area contributed by atoms with E-state index in [1.165, 1.54) is 5.56 Å². The van der Waals surface area contributed by atoms with Crippen LogP contribution < -0.4 is 0 Å². The second-order valence-electron chi connectivity index (χ2n) is 9.79. The Morgan fingerprint density at radius 1 is 1.06 bits per heavy atom. The van der Waals surface area contributed by atoms with E-state index in [1.807, 2.05) is 28.0 Å². The van der Waals surface area contributed by atoms with Crippen LogP contribution in [0.2, 0.25) is 0 Å². The Balaban J connectivity index is 1.53. The molecule has 1 aromatic rings. The van der Waals surface area contributed by atoms with Gasteiger partial charge in [0.05, 0.1) is 12.0 Å². The molecule has 6 nitrogen and oxygen atoms in total. The second-order valence-corrected chi connectivity index (χ2v) is 9.79. The van der Waals surface area contributed by atoms with E-state index >= 15 is 0 Å². The van der Waals surface area contributed by atoms with Crippen LogP contribution in [-0.4, -0.2) is 86.0 Å². The molecule has 3 saturated heterocycles. The van der Waals surface area contributed by atoms with E-state index in [4.69, 9.17) is 4.74 Å². The monoisotopic (exact) mass is 427 g/mol. The van der Waals surface area contributed by atoms with Crippen molar-refractivity contribution in [2.45, 2.75) is 40.0 Å². The highest BCUT2D eigenvalue weighted by Gasteiger charge is 2.64. The first-order valence-electron chi connectivity index (χ1n) is 11.7. The molecule has 4 rings (SSSR count). The van der Waals surface area contributed by atoms with Crippen LogP contribution in [0.3, 0.4) is 0 Å². The maximum atomic E-state index is 13.5. The lowest BCUT2D eigenvalue weighted by molar-refractivity contribution is -0.141. The van der Waals surface area contributed by atoms with E-state index in [-0.39, 0.29) is 16.7 Å². The van der Waals surface area contributed by atoms with Crippen LogP contribution in [-0.2, 0) is 9.53 Å². The van der Waals surface area contributed by atoms with Gasteiger partial charge in [-0.2, -0.15) is 0 Å². The Bertz CT molecular complexity index is 846. The van der Waals surface area contributed by atoms with Crippen molar-refractivity contribution < 1.29 is 14.3 Å². The van der Waals surface area contributed by atoms with E-state index < -0.39 is 0 Å². The predicted octanol–water partition coefficient (Wildman–Crippen LogP) is 2.73. The molecule has 0 aliphatic carbocycles. The zero-order valence-electron chi connectivity index (χ0n) is 19.6. The highest BCUT2D eigenvalue weighted by atomic mass is 16.5.